The number of pyridine rings is 1. The van der Waals surface area contributed by atoms with E-state index in [1.807, 2.05) is 67.6 Å². The minimum absolute atomic E-state index is 0.0201. The Hall–Kier alpha value is -4.85. The monoisotopic (exact) mass is 849 g/mol. The van der Waals surface area contributed by atoms with Gasteiger partial charge in [0, 0.05) is 49.2 Å². The summed E-state index contributed by atoms with van der Waals surface area (Å²) in [6.07, 6.45) is 12.4. The summed E-state index contributed by atoms with van der Waals surface area (Å²) in [7, 11) is -4.28. The Morgan fingerprint density at radius 3 is 2.48 bits per heavy atom. The Balaban J connectivity index is 1.49. The largest absolute Gasteiger partial charge is 0.490 e. The number of hydrogen-bond donors (Lipinski definition) is 2. The van der Waals surface area contributed by atoms with E-state index in [0.29, 0.717) is 54.0 Å². The lowest BCUT2D eigenvalue weighted by molar-refractivity contribution is -0.251. The van der Waals surface area contributed by atoms with Gasteiger partial charge >= 0.3 is 0 Å². The number of ether oxygens (including phenoxy) is 3. The number of unbranched alkanes of at least 4 members (excludes halogenated alkanes) is 2. The second kappa shape index (κ2) is 20.3. The normalized spacial score (nSPS) is 23.8. The lowest BCUT2D eigenvalue weighted by Crippen LogP contribution is -2.70. The molecule has 11 nitrogen and oxygen atoms in total. The fourth-order valence-electron chi connectivity index (χ4n) is 9.70. The first-order chi connectivity index (χ1) is 29.8. The molecular weight excluding hydrogens is 791 g/mol. The second-order valence-electron chi connectivity index (χ2n) is 16.1. The molecule has 3 aromatic carbocycles. The fourth-order valence-corrected chi connectivity index (χ4v) is 11.6. The van der Waals surface area contributed by atoms with E-state index in [4.69, 9.17) is 24.2 Å². The van der Waals surface area contributed by atoms with Gasteiger partial charge in [0.2, 0.25) is 15.8 Å². The highest BCUT2D eigenvalue weighted by atomic mass is 32.2. The summed E-state index contributed by atoms with van der Waals surface area (Å²) in [5, 5.41) is 25.5. The molecule has 0 saturated heterocycles. The van der Waals surface area contributed by atoms with Crippen LogP contribution in [0, 0.1) is 17.8 Å². The summed E-state index contributed by atoms with van der Waals surface area (Å²) in [6.45, 7) is 10.8. The van der Waals surface area contributed by atoms with Gasteiger partial charge in [-0.3, -0.25) is 4.98 Å². The molecule has 12 heteroatoms. The third-order valence-electron chi connectivity index (χ3n) is 12.2. The van der Waals surface area contributed by atoms with Crippen molar-refractivity contribution in [3.05, 3.63) is 133 Å². The maximum absolute atomic E-state index is 15.5. The van der Waals surface area contributed by atoms with Crippen LogP contribution in [-0.2, 0) is 26.2 Å². The minimum Gasteiger partial charge on any atom is -0.490 e. The molecule has 0 unspecified atom stereocenters. The van der Waals surface area contributed by atoms with Crippen molar-refractivity contribution >= 4 is 26.6 Å². The number of allylic oxidation sites excluding steroid dienone is 1. The number of sulfonamides is 1. The molecule has 2 N–H and O–H groups in total. The maximum Gasteiger partial charge on any atom is 0.245 e. The summed E-state index contributed by atoms with van der Waals surface area (Å²) in [4.78, 5) is 10.9. The number of aliphatic hydroxyl groups is 2. The van der Waals surface area contributed by atoms with Crippen molar-refractivity contribution in [2.75, 3.05) is 33.0 Å². The summed E-state index contributed by atoms with van der Waals surface area (Å²) < 4.78 is 53.1. The molecule has 324 valence electrons. The van der Waals surface area contributed by atoms with Crippen LogP contribution in [0.5, 0.6) is 11.5 Å². The third kappa shape index (κ3) is 9.20. The van der Waals surface area contributed by atoms with E-state index in [2.05, 4.69) is 24.2 Å². The van der Waals surface area contributed by atoms with Gasteiger partial charge in [-0.15, -0.1) is 6.58 Å². The quantitative estimate of drug-likeness (QED) is 0.0452. The van der Waals surface area contributed by atoms with E-state index in [9.17, 15) is 10.2 Å². The molecule has 0 amide bonds. The van der Waals surface area contributed by atoms with Gasteiger partial charge in [-0.2, -0.15) is 4.31 Å². The van der Waals surface area contributed by atoms with Gasteiger partial charge in [0.1, 0.15) is 29.6 Å². The molecule has 6 atom stereocenters. The number of oxime groups is 1. The van der Waals surface area contributed by atoms with Gasteiger partial charge in [-0.05, 0) is 85.4 Å². The van der Waals surface area contributed by atoms with Gasteiger partial charge < -0.3 is 29.3 Å². The minimum atomic E-state index is -4.28. The van der Waals surface area contributed by atoms with Crippen LogP contribution in [0.4, 0.5) is 0 Å². The number of hydrogen-bond acceptors (Lipinski definition) is 10. The SMILES string of the molecule is C=CCOc1ccc2c(c1)[C@H]1[C@H](CCCCO)[C@@H](CCCCO)C=C3C(=NOCc4ccccc4)C[C@H](N(CCC)S(=O)(=O)c4cccc5cccnc45)[C@@](OCC=C)(O2)[C@H]31. The number of benzene rings is 3. The average Bonchev–Trinajstić information content (AvgIpc) is 3.28. The van der Waals surface area contributed by atoms with Gasteiger partial charge in [0.05, 0.1) is 29.8 Å². The molecule has 0 radical (unpaired) electrons. The average molecular weight is 850 g/mol. The smallest absolute Gasteiger partial charge is 0.245 e. The topological polar surface area (TPSA) is 140 Å². The first-order valence-electron chi connectivity index (χ1n) is 21.6. The van der Waals surface area contributed by atoms with E-state index in [1.165, 1.54) is 0 Å². The number of aliphatic hydroxyl groups excluding tert-OH is 2. The molecule has 0 bridgehead atoms. The van der Waals surface area contributed by atoms with Crippen LogP contribution in [-0.4, -0.2) is 78.4 Å². The molecule has 1 aliphatic heterocycles. The lowest BCUT2D eigenvalue weighted by atomic mass is 9.55. The van der Waals surface area contributed by atoms with Crippen molar-refractivity contribution in [2.24, 2.45) is 22.9 Å². The Morgan fingerprint density at radius 2 is 1.72 bits per heavy atom. The van der Waals surface area contributed by atoms with Crippen molar-refractivity contribution in [1.29, 1.82) is 0 Å². The van der Waals surface area contributed by atoms with Crippen LogP contribution in [0.15, 0.2) is 132 Å². The molecule has 1 saturated carbocycles. The van der Waals surface area contributed by atoms with Gasteiger partial charge in [0.25, 0.3) is 0 Å². The summed E-state index contributed by atoms with van der Waals surface area (Å²) in [6, 6.07) is 23.6. The zero-order chi connectivity index (χ0) is 42.8. The van der Waals surface area contributed by atoms with Crippen molar-refractivity contribution in [3.63, 3.8) is 0 Å². The Kier molecular flexibility index (Phi) is 14.7. The zero-order valence-corrected chi connectivity index (χ0v) is 35.9. The number of aromatic nitrogens is 1. The molecule has 61 heavy (non-hydrogen) atoms. The summed E-state index contributed by atoms with van der Waals surface area (Å²) >= 11 is 0. The molecule has 2 heterocycles. The molecule has 1 fully saturated rings. The summed E-state index contributed by atoms with van der Waals surface area (Å²) in [5.41, 5.74) is 3.80. The van der Waals surface area contributed by atoms with E-state index in [-0.39, 0.29) is 62.0 Å². The Morgan fingerprint density at radius 1 is 0.951 bits per heavy atom. The number of fused-ring (bicyclic) bond motifs is 3. The summed E-state index contributed by atoms with van der Waals surface area (Å²) in [5.74, 6) is -1.04. The van der Waals surface area contributed by atoms with Crippen molar-refractivity contribution < 1.29 is 37.7 Å². The number of para-hydroxylation sites is 1. The predicted octanol–water partition coefficient (Wildman–Crippen LogP) is 8.73. The first kappa shape index (κ1) is 44.2. The van der Waals surface area contributed by atoms with E-state index in [0.717, 1.165) is 42.4 Å². The van der Waals surface area contributed by atoms with Crippen LogP contribution in [0.3, 0.4) is 0 Å². The molecule has 2 aliphatic carbocycles. The van der Waals surface area contributed by atoms with Gasteiger partial charge in [0.15, 0.2) is 0 Å². The fraction of sp³-hybridized carbons (Fsp3) is 0.429. The number of rotatable bonds is 22. The Labute approximate surface area is 360 Å². The standard InChI is InChI=1S/C49H59N3O8S/c1-4-26-52(61(55,56)44-22-14-19-36-20-15-25-50-48(36)44)45-33-42(51-59-34-35-16-8-7-9-17-35)40-31-37(18-10-12-27-53)39(21-11-13-28-54)46-41-32-38(57-29-5-2)23-24-43(41)60-49(45,47(40)46)58-30-6-3/h5-9,14-17,19-20,22-25,31-32,37,39,45-47,53-54H,2-4,10-13,18,21,26-30,33-34H2,1H3/t37-,39+,45-,46+,47+,49+/m0/s1. The molecule has 1 aromatic heterocycles. The van der Waals surface area contributed by atoms with Crippen LogP contribution < -0.4 is 9.47 Å². The second-order valence-corrected chi connectivity index (χ2v) is 17.9. The molecule has 3 aliphatic rings. The zero-order valence-electron chi connectivity index (χ0n) is 35.1. The van der Waals surface area contributed by atoms with Crippen molar-refractivity contribution in [1.82, 2.24) is 9.29 Å². The Bertz CT molecular complexity index is 2290. The van der Waals surface area contributed by atoms with Crippen molar-refractivity contribution in [2.45, 2.75) is 87.5 Å². The highest BCUT2D eigenvalue weighted by molar-refractivity contribution is 7.89. The third-order valence-corrected chi connectivity index (χ3v) is 14.2. The maximum atomic E-state index is 15.5. The highest BCUT2D eigenvalue weighted by Crippen LogP contribution is 2.62. The lowest BCUT2D eigenvalue weighted by Gasteiger charge is -2.59. The van der Waals surface area contributed by atoms with Crippen molar-refractivity contribution in [3.8, 4) is 11.5 Å². The van der Waals surface area contributed by atoms with E-state index < -0.39 is 27.8 Å². The molecule has 7 rings (SSSR count). The van der Waals surface area contributed by atoms with E-state index >= 15 is 8.42 Å². The van der Waals surface area contributed by atoms with Crippen LogP contribution in [0.25, 0.3) is 10.9 Å². The number of nitrogens with zero attached hydrogens (tertiary/aromatic N) is 3. The molecular formula is C49H59N3O8S. The molecule has 0 spiro atoms. The van der Waals surface area contributed by atoms with Gasteiger partial charge in [-0.25, -0.2) is 8.42 Å². The highest BCUT2D eigenvalue weighted by Gasteiger charge is 2.66. The van der Waals surface area contributed by atoms with Crippen LogP contribution in [0.2, 0.25) is 0 Å². The first-order valence-corrected chi connectivity index (χ1v) is 23.1. The van der Waals surface area contributed by atoms with E-state index in [1.54, 1.807) is 40.9 Å². The van der Waals surface area contributed by atoms with Crippen LogP contribution >= 0.6 is 0 Å². The predicted molar refractivity (Wildman–Crippen MR) is 238 cm³/mol. The van der Waals surface area contributed by atoms with Gasteiger partial charge in [-0.1, -0.05) is 98.3 Å². The van der Waals surface area contributed by atoms with Crippen LogP contribution in [0.1, 0.15) is 75.3 Å². The molecule has 4 aromatic rings.